The summed E-state index contributed by atoms with van der Waals surface area (Å²) in [5.74, 6) is 1.04. The number of fused-ring (bicyclic) bond motifs is 1. The molecule has 106 valence electrons. The Kier molecular flexibility index (Phi) is 3.44. The molecule has 0 fully saturated rings. The molecule has 0 radical (unpaired) electrons. The van der Waals surface area contributed by atoms with E-state index in [0.29, 0.717) is 0 Å². The molecule has 2 heterocycles. The molecule has 1 aromatic carbocycles. The van der Waals surface area contributed by atoms with Crippen LogP contribution in [0.4, 0.5) is 5.69 Å². The van der Waals surface area contributed by atoms with Gasteiger partial charge in [-0.3, -0.25) is 0 Å². The van der Waals surface area contributed by atoms with E-state index in [2.05, 4.69) is 44.8 Å². The molecule has 0 bridgehead atoms. The third-order valence-corrected chi connectivity index (χ3v) is 3.80. The maximum absolute atomic E-state index is 5.87. The van der Waals surface area contributed by atoms with Crippen molar-refractivity contribution in [2.45, 2.75) is 39.4 Å². The second-order valence-electron chi connectivity index (χ2n) is 5.66. The molecule has 20 heavy (non-hydrogen) atoms. The minimum absolute atomic E-state index is 0.203. The fourth-order valence-corrected chi connectivity index (χ4v) is 2.84. The van der Waals surface area contributed by atoms with E-state index in [9.17, 15) is 0 Å². The van der Waals surface area contributed by atoms with Crippen LogP contribution in [0.15, 0.2) is 24.5 Å². The molecule has 1 atom stereocenters. The van der Waals surface area contributed by atoms with Gasteiger partial charge in [0.15, 0.2) is 5.82 Å². The highest BCUT2D eigenvalue weighted by molar-refractivity contribution is 5.55. The standard InChI is InChI=1S/C15H21N5/c1-11-7-13(8-12(2)16)3-4-14(11)19-5-6-20-10-17-18-15(20)9-19/h3-4,7,10,12H,5-6,8-9,16H2,1-2H3. The van der Waals surface area contributed by atoms with Gasteiger partial charge in [-0.1, -0.05) is 12.1 Å². The average molecular weight is 271 g/mol. The molecule has 1 aliphatic heterocycles. The van der Waals surface area contributed by atoms with Crippen molar-refractivity contribution in [2.24, 2.45) is 5.73 Å². The third kappa shape index (κ3) is 2.54. The minimum Gasteiger partial charge on any atom is -0.362 e. The van der Waals surface area contributed by atoms with Crippen molar-refractivity contribution >= 4 is 5.69 Å². The van der Waals surface area contributed by atoms with Gasteiger partial charge >= 0.3 is 0 Å². The van der Waals surface area contributed by atoms with E-state index in [1.165, 1.54) is 16.8 Å². The minimum atomic E-state index is 0.203. The topological polar surface area (TPSA) is 60.0 Å². The summed E-state index contributed by atoms with van der Waals surface area (Å²) >= 11 is 0. The van der Waals surface area contributed by atoms with Crippen LogP contribution in [-0.2, 0) is 19.5 Å². The Morgan fingerprint density at radius 2 is 2.20 bits per heavy atom. The van der Waals surface area contributed by atoms with Crippen LogP contribution in [0.3, 0.4) is 0 Å². The summed E-state index contributed by atoms with van der Waals surface area (Å²) in [5, 5.41) is 8.15. The van der Waals surface area contributed by atoms with Gasteiger partial charge in [0.05, 0.1) is 6.54 Å². The molecule has 1 aliphatic rings. The van der Waals surface area contributed by atoms with E-state index >= 15 is 0 Å². The Hall–Kier alpha value is -1.88. The summed E-state index contributed by atoms with van der Waals surface area (Å²) in [7, 11) is 0. The summed E-state index contributed by atoms with van der Waals surface area (Å²) in [6, 6.07) is 6.84. The van der Waals surface area contributed by atoms with Crippen LogP contribution >= 0.6 is 0 Å². The molecule has 2 aromatic rings. The van der Waals surface area contributed by atoms with Crippen LogP contribution in [0.5, 0.6) is 0 Å². The highest BCUT2D eigenvalue weighted by Crippen LogP contribution is 2.25. The van der Waals surface area contributed by atoms with E-state index in [0.717, 1.165) is 31.9 Å². The lowest BCUT2D eigenvalue weighted by molar-refractivity contribution is 0.559. The number of aryl methyl sites for hydroxylation is 1. The number of nitrogens with two attached hydrogens (primary N) is 1. The Bertz CT molecular complexity index is 602. The first-order valence-electron chi connectivity index (χ1n) is 7.10. The molecule has 3 rings (SSSR count). The summed E-state index contributed by atoms with van der Waals surface area (Å²) < 4.78 is 2.12. The largest absolute Gasteiger partial charge is 0.362 e. The number of aromatic nitrogens is 3. The van der Waals surface area contributed by atoms with Crippen molar-refractivity contribution in [3.05, 3.63) is 41.5 Å². The summed E-state index contributed by atoms with van der Waals surface area (Å²) in [6.07, 6.45) is 2.74. The first-order chi connectivity index (χ1) is 9.63. The lowest BCUT2D eigenvalue weighted by atomic mass is 10.0. The van der Waals surface area contributed by atoms with E-state index in [1.54, 1.807) is 0 Å². The smallest absolute Gasteiger partial charge is 0.152 e. The maximum Gasteiger partial charge on any atom is 0.152 e. The number of hydrogen-bond donors (Lipinski definition) is 1. The lowest BCUT2D eigenvalue weighted by Gasteiger charge is -2.30. The number of benzene rings is 1. The summed E-state index contributed by atoms with van der Waals surface area (Å²) in [6.45, 7) is 6.98. The monoisotopic (exact) mass is 271 g/mol. The van der Waals surface area contributed by atoms with Gasteiger partial charge in [-0.25, -0.2) is 0 Å². The van der Waals surface area contributed by atoms with Gasteiger partial charge in [-0.2, -0.15) is 0 Å². The van der Waals surface area contributed by atoms with Gasteiger partial charge in [0.1, 0.15) is 6.33 Å². The van der Waals surface area contributed by atoms with Gasteiger partial charge in [-0.05, 0) is 37.5 Å². The van der Waals surface area contributed by atoms with Crippen molar-refractivity contribution in [1.29, 1.82) is 0 Å². The molecule has 5 heteroatoms. The second kappa shape index (κ2) is 5.25. The third-order valence-electron chi connectivity index (χ3n) is 3.80. The zero-order chi connectivity index (χ0) is 14.1. The van der Waals surface area contributed by atoms with Gasteiger partial charge in [0.25, 0.3) is 0 Å². The fourth-order valence-electron chi connectivity index (χ4n) is 2.84. The highest BCUT2D eigenvalue weighted by Gasteiger charge is 2.19. The van der Waals surface area contributed by atoms with E-state index < -0.39 is 0 Å². The molecule has 0 amide bonds. The average Bonchev–Trinajstić information content (AvgIpc) is 2.85. The van der Waals surface area contributed by atoms with Crippen LogP contribution in [0.25, 0.3) is 0 Å². The Balaban J connectivity index is 1.81. The molecule has 5 nitrogen and oxygen atoms in total. The number of rotatable bonds is 3. The number of hydrogen-bond acceptors (Lipinski definition) is 4. The normalized spacial score (nSPS) is 16.1. The van der Waals surface area contributed by atoms with Gasteiger partial charge in [0.2, 0.25) is 0 Å². The number of anilines is 1. The molecule has 0 aliphatic carbocycles. The van der Waals surface area contributed by atoms with Crippen LogP contribution in [0, 0.1) is 6.92 Å². The van der Waals surface area contributed by atoms with Crippen molar-refractivity contribution < 1.29 is 0 Å². The van der Waals surface area contributed by atoms with Crippen molar-refractivity contribution in [3.8, 4) is 0 Å². The van der Waals surface area contributed by atoms with E-state index in [1.807, 2.05) is 13.3 Å². The molecule has 0 saturated carbocycles. The van der Waals surface area contributed by atoms with Gasteiger partial charge < -0.3 is 15.2 Å². The van der Waals surface area contributed by atoms with Gasteiger partial charge in [0, 0.05) is 24.8 Å². The second-order valence-corrected chi connectivity index (χ2v) is 5.66. The summed E-state index contributed by atoms with van der Waals surface area (Å²) in [5.41, 5.74) is 9.76. The predicted molar refractivity (Wildman–Crippen MR) is 79.6 cm³/mol. The van der Waals surface area contributed by atoms with Crippen LogP contribution in [0.2, 0.25) is 0 Å². The van der Waals surface area contributed by atoms with Crippen LogP contribution in [0.1, 0.15) is 23.9 Å². The molecule has 2 N–H and O–H groups in total. The summed E-state index contributed by atoms with van der Waals surface area (Å²) in [4.78, 5) is 2.37. The van der Waals surface area contributed by atoms with Crippen molar-refractivity contribution in [2.75, 3.05) is 11.4 Å². The first kappa shape index (κ1) is 13.1. The molecule has 0 spiro atoms. The zero-order valence-electron chi connectivity index (χ0n) is 12.1. The first-order valence-corrected chi connectivity index (χ1v) is 7.10. The van der Waals surface area contributed by atoms with Crippen molar-refractivity contribution in [3.63, 3.8) is 0 Å². The Morgan fingerprint density at radius 1 is 1.35 bits per heavy atom. The Labute approximate surface area is 119 Å². The predicted octanol–water partition coefficient (Wildman–Crippen LogP) is 1.50. The van der Waals surface area contributed by atoms with Crippen molar-refractivity contribution in [1.82, 2.24) is 14.8 Å². The molecular weight excluding hydrogens is 250 g/mol. The zero-order valence-corrected chi connectivity index (χ0v) is 12.1. The highest BCUT2D eigenvalue weighted by atomic mass is 15.3. The van der Waals surface area contributed by atoms with Crippen LogP contribution in [-0.4, -0.2) is 27.4 Å². The lowest BCUT2D eigenvalue weighted by Crippen LogP contribution is -2.34. The molecule has 1 aromatic heterocycles. The Morgan fingerprint density at radius 3 is 2.95 bits per heavy atom. The maximum atomic E-state index is 5.87. The molecule has 0 saturated heterocycles. The van der Waals surface area contributed by atoms with Gasteiger partial charge in [-0.15, -0.1) is 10.2 Å². The number of nitrogens with zero attached hydrogens (tertiary/aromatic N) is 4. The van der Waals surface area contributed by atoms with E-state index in [-0.39, 0.29) is 6.04 Å². The molecular formula is C15H21N5. The SMILES string of the molecule is Cc1cc(CC(C)N)ccc1N1CCn2cnnc2C1. The fraction of sp³-hybridized carbons (Fsp3) is 0.467. The van der Waals surface area contributed by atoms with E-state index in [4.69, 9.17) is 5.73 Å². The quantitative estimate of drug-likeness (QED) is 0.919. The van der Waals surface area contributed by atoms with Crippen LogP contribution < -0.4 is 10.6 Å². The molecule has 1 unspecified atom stereocenters.